The van der Waals surface area contributed by atoms with E-state index in [1.807, 2.05) is 6.79 Å². The Morgan fingerprint density at radius 1 is 0.938 bits per heavy atom. The lowest BCUT2D eigenvalue weighted by Crippen LogP contribution is -2.00. The third-order valence-corrected chi connectivity index (χ3v) is 0.977. The molecule has 0 aromatic carbocycles. The van der Waals surface area contributed by atoms with E-state index in [0.29, 0.717) is 6.10 Å². The van der Waals surface area contributed by atoms with Crippen molar-refractivity contribution in [3.05, 3.63) is 0 Å². The van der Waals surface area contributed by atoms with E-state index in [2.05, 4.69) is 34.6 Å². The summed E-state index contributed by atoms with van der Waals surface area (Å²) in [6.45, 7) is 12.7. The summed E-state index contributed by atoms with van der Waals surface area (Å²) < 4.78 is 4.90. The van der Waals surface area contributed by atoms with E-state index in [1.54, 1.807) is 7.11 Å². The molecular weight excluding hydrogens is 200 g/mol. The smallest absolute Gasteiger partial charge is 0.106 e. The number of carbonyl (C=O) groups excluding carboxylic acids is 1. The zero-order valence-electron chi connectivity index (χ0n) is 9.39. The van der Waals surface area contributed by atoms with Gasteiger partial charge in [-0.2, -0.15) is 0 Å². The molecule has 0 bridgehead atoms. The van der Waals surface area contributed by atoms with E-state index < -0.39 is 0 Å². The van der Waals surface area contributed by atoms with Crippen LogP contribution in [0.2, 0.25) is 0 Å². The van der Waals surface area contributed by atoms with Crippen molar-refractivity contribution < 1.29 is 9.53 Å². The first kappa shape index (κ1) is 44.9. The van der Waals surface area contributed by atoms with Gasteiger partial charge >= 0.3 is 0 Å². The van der Waals surface area contributed by atoms with E-state index in [0.717, 1.165) is 12.3 Å². The molecule has 0 saturated carbocycles. The summed E-state index contributed by atoms with van der Waals surface area (Å²) in [7, 11) is 1.73. The molecule has 0 radical (unpaired) electrons. The summed E-state index contributed by atoms with van der Waals surface area (Å²) in [5.74, 6) is 0.833. The minimum Gasteiger partial charge on any atom is -0.382 e. The highest BCUT2D eigenvalue weighted by Crippen LogP contribution is 1.89. The van der Waals surface area contributed by atoms with Gasteiger partial charge in [0.25, 0.3) is 0 Å². The lowest BCUT2D eigenvalue weighted by Gasteiger charge is -2.01. The number of hydrogen-bond acceptors (Lipinski definition) is 2. The maximum Gasteiger partial charge on any atom is 0.106 e. The van der Waals surface area contributed by atoms with Gasteiger partial charge in [-0.25, -0.2) is 0 Å². The maximum atomic E-state index is 8.00. The molecule has 0 heterocycles. The van der Waals surface area contributed by atoms with Crippen molar-refractivity contribution >= 4 is 6.79 Å². The van der Waals surface area contributed by atoms with Crippen LogP contribution in [0.15, 0.2) is 0 Å². The fraction of sp³-hybridized carbons (Fsp3) is 0.929. The van der Waals surface area contributed by atoms with Crippen molar-refractivity contribution in [2.45, 2.75) is 76.9 Å². The van der Waals surface area contributed by atoms with Crippen molar-refractivity contribution in [1.82, 2.24) is 0 Å². The Balaban J connectivity index is -0.0000000148. The molecule has 0 N–H and O–H groups in total. The number of carbonyl (C=O) groups is 1. The maximum absolute atomic E-state index is 8.00. The highest BCUT2D eigenvalue weighted by Gasteiger charge is 1.88. The summed E-state index contributed by atoms with van der Waals surface area (Å²) in [5, 5.41) is 0. The average molecular weight is 240 g/mol. The molecule has 0 rings (SSSR count). The van der Waals surface area contributed by atoms with Crippen LogP contribution in [0.25, 0.3) is 0 Å². The van der Waals surface area contributed by atoms with Crippen LogP contribution in [0.3, 0.4) is 0 Å². The van der Waals surface area contributed by atoms with Crippen LogP contribution in [0.5, 0.6) is 0 Å². The van der Waals surface area contributed by atoms with Gasteiger partial charge in [-0.05, 0) is 19.3 Å². The predicted octanol–water partition coefficient (Wildman–Crippen LogP) is 5.45. The molecule has 0 aliphatic carbocycles. The van der Waals surface area contributed by atoms with Crippen LogP contribution in [0.1, 0.15) is 70.7 Å². The molecule has 1 unspecified atom stereocenters. The summed E-state index contributed by atoms with van der Waals surface area (Å²) in [6.07, 6.45) is 1.54. The van der Waals surface area contributed by atoms with Crippen molar-refractivity contribution in [2.75, 3.05) is 7.11 Å². The zero-order valence-corrected chi connectivity index (χ0v) is 9.39. The van der Waals surface area contributed by atoms with Gasteiger partial charge < -0.3 is 9.53 Å². The Labute approximate surface area is 107 Å². The van der Waals surface area contributed by atoms with Crippen molar-refractivity contribution in [3.63, 3.8) is 0 Å². The first-order valence-corrected chi connectivity index (χ1v) is 4.36. The predicted molar refractivity (Wildman–Crippen MR) is 81.3 cm³/mol. The third kappa shape index (κ3) is 165. The van der Waals surface area contributed by atoms with E-state index >= 15 is 0 Å². The number of ether oxygens (including phenoxy) is 1. The van der Waals surface area contributed by atoms with Crippen LogP contribution in [-0.4, -0.2) is 20.0 Å². The SMILES string of the molecule is C.C.C.C.C=O.CC(C)C.CCC(C)OC. The Kier molecular flexibility index (Phi) is 131. The quantitative estimate of drug-likeness (QED) is 0.641. The molecule has 2 heteroatoms. The molecule has 2 nitrogen and oxygen atoms in total. The van der Waals surface area contributed by atoms with E-state index in [4.69, 9.17) is 9.53 Å². The van der Waals surface area contributed by atoms with E-state index in [9.17, 15) is 0 Å². The molecule has 0 spiro atoms. The summed E-state index contributed by atoms with van der Waals surface area (Å²) in [5.41, 5.74) is 0. The van der Waals surface area contributed by atoms with Gasteiger partial charge in [0, 0.05) is 7.11 Å². The Morgan fingerprint density at radius 3 is 1.12 bits per heavy atom. The monoisotopic (exact) mass is 240 g/mol. The second-order valence-corrected chi connectivity index (χ2v) is 3.19. The molecule has 108 valence electrons. The van der Waals surface area contributed by atoms with Gasteiger partial charge in [0.15, 0.2) is 0 Å². The first-order valence-electron chi connectivity index (χ1n) is 4.36. The van der Waals surface area contributed by atoms with Gasteiger partial charge in [0.2, 0.25) is 0 Å². The second-order valence-electron chi connectivity index (χ2n) is 3.19. The fourth-order valence-electron chi connectivity index (χ4n) is 0.167. The number of rotatable bonds is 2. The van der Waals surface area contributed by atoms with Crippen LogP contribution >= 0.6 is 0 Å². The standard InChI is InChI=1S/C5H12O.C4H10.CH2O.4CH4/c1-4-5(2)6-3;1-4(2)3;1-2;;;;/h5H,4H2,1-3H3;4H,1-3H3;1H2;4*1H4. The second kappa shape index (κ2) is 46.7. The molecule has 0 saturated heterocycles. The van der Waals surface area contributed by atoms with Crippen LogP contribution in [-0.2, 0) is 9.53 Å². The van der Waals surface area contributed by atoms with Gasteiger partial charge in [-0.3, -0.25) is 0 Å². The van der Waals surface area contributed by atoms with Crippen molar-refractivity contribution in [3.8, 4) is 0 Å². The molecule has 0 aliphatic heterocycles. The Morgan fingerprint density at radius 2 is 1.12 bits per heavy atom. The van der Waals surface area contributed by atoms with E-state index in [-0.39, 0.29) is 29.7 Å². The van der Waals surface area contributed by atoms with Crippen molar-refractivity contribution in [1.29, 1.82) is 0 Å². The fourth-order valence-corrected chi connectivity index (χ4v) is 0.167. The van der Waals surface area contributed by atoms with Gasteiger partial charge in [-0.15, -0.1) is 0 Å². The average Bonchev–Trinajstić information content (AvgIpc) is 2.06. The molecular formula is C14H40O2. The molecule has 0 aromatic heterocycles. The Hall–Kier alpha value is -0.370. The largest absolute Gasteiger partial charge is 0.382 e. The van der Waals surface area contributed by atoms with Crippen LogP contribution < -0.4 is 0 Å². The molecule has 1 atom stereocenters. The van der Waals surface area contributed by atoms with Gasteiger partial charge in [0.1, 0.15) is 6.79 Å². The molecule has 0 fully saturated rings. The number of methoxy groups -OCH3 is 1. The Bertz CT molecular complexity index is 57.0. The molecule has 0 aliphatic rings. The molecule has 0 amide bonds. The van der Waals surface area contributed by atoms with Gasteiger partial charge in [0.05, 0.1) is 6.10 Å². The van der Waals surface area contributed by atoms with Crippen LogP contribution in [0.4, 0.5) is 0 Å². The summed E-state index contributed by atoms with van der Waals surface area (Å²) in [6, 6.07) is 0. The minimum absolute atomic E-state index is 0. The lowest BCUT2D eigenvalue weighted by atomic mass is 10.3. The summed E-state index contributed by atoms with van der Waals surface area (Å²) in [4.78, 5) is 8.00. The number of hydrogen-bond donors (Lipinski definition) is 0. The highest BCUT2D eigenvalue weighted by atomic mass is 16.5. The van der Waals surface area contributed by atoms with Crippen LogP contribution in [0, 0.1) is 5.92 Å². The lowest BCUT2D eigenvalue weighted by molar-refractivity contribution is -0.0979. The normalized spacial score (nSPS) is 7.94. The highest BCUT2D eigenvalue weighted by molar-refractivity contribution is 5.10. The van der Waals surface area contributed by atoms with Crippen molar-refractivity contribution in [2.24, 2.45) is 5.92 Å². The third-order valence-electron chi connectivity index (χ3n) is 0.977. The molecule has 16 heavy (non-hydrogen) atoms. The van der Waals surface area contributed by atoms with Gasteiger partial charge in [-0.1, -0.05) is 57.4 Å². The summed E-state index contributed by atoms with van der Waals surface area (Å²) >= 11 is 0. The first-order chi connectivity index (χ1) is 5.54. The zero-order chi connectivity index (χ0) is 10.6. The minimum atomic E-state index is 0. The topological polar surface area (TPSA) is 26.3 Å². The van der Waals surface area contributed by atoms with E-state index in [1.165, 1.54) is 0 Å². The molecule has 0 aromatic rings.